The number of para-hydroxylation sites is 1. The number of amides is 2. The van der Waals surface area contributed by atoms with Crippen molar-refractivity contribution in [1.29, 1.82) is 5.26 Å². The summed E-state index contributed by atoms with van der Waals surface area (Å²) in [5.41, 5.74) is 0.343. The Bertz CT molecular complexity index is 1340. The molecule has 4 rings (SSSR count). The quantitative estimate of drug-likeness (QED) is 0.256. The van der Waals surface area contributed by atoms with Gasteiger partial charge in [-0.25, -0.2) is 0 Å². The maximum Gasteiger partial charge on any atom is 0.280 e. The van der Waals surface area contributed by atoms with Gasteiger partial charge in [0, 0.05) is 11.6 Å². The van der Waals surface area contributed by atoms with E-state index in [-0.39, 0.29) is 46.0 Å². The van der Waals surface area contributed by atoms with Gasteiger partial charge in [0.15, 0.2) is 0 Å². The molecule has 0 bridgehead atoms. The summed E-state index contributed by atoms with van der Waals surface area (Å²) >= 11 is 0. The summed E-state index contributed by atoms with van der Waals surface area (Å²) in [5.74, 6) is -0.432. The SMILES string of the molecule is CC1=C(C#N)C(=O)N(Cc2ccco2)C(=O)/C1=C/c1ccc(-c2ccccc2[N+](=O)[O-])o1. The van der Waals surface area contributed by atoms with Gasteiger partial charge >= 0.3 is 0 Å². The van der Waals surface area contributed by atoms with Crippen LogP contribution in [-0.4, -0.2) is 21.6 Å². The second-order valence-corrected chi connectivity index (χ2v) is 6.92. The van der Waals surface area contributed by atoms with Crippen molar-refractivity contribution in [1.82, 2.24) is 4.90 Å². The minimum Gasteiger partial charge on any atom is -0.467 e. The van der Waals surface area contributed by atoms with Gasteiger partial charge in [-0.05, 0) is 48.9 Å². The first-order chi connectivity index (χ1) is 15.4. The zero-order valence-electron chi connectivity index (χ0n) is 16.8. The Balaban J connectivity index is 1.74. The largest absolute Gasteiger partial charge is 0.467 e. The molecule has 0 fully saturated rings. The monoisotopic (exact) mass is 429 g/mol. The molecule has 0 aliphatic carbocycles. The minimum atomic E-state index is -0.705. The zero-order chi connectivity index (χ0) is 22.8. The standard InChI is InChI=1S/C23H15N3O6/c1-14-18(22(27)25(23(28)19(14)12-24)13-16-5-4-10-31-16)11-15-8-9-21(32-15)17-6-2-3-7-20(17)26(29)30/h2-11H,13H2,1H3/b18-11+. The van der Waals surface area contributed by atoms with Gasteiger partial charge in [-0.1, -0.05) is 12.1 Å². The first-order valence-electron chi connectivity index (χ1n) is 9.46. The molecule has 2 amide bonds. The first-order valence-corrected chi connectivity index (χ1v) is 9.46. The van der Waals surface area contributed by atoms with E-state index in [2.05, 4.69) is 0 Å². The van der Waals surface area contributed by atoms with E-state index in [1.807, 2.05) is 6.07 Å². The van der Waals surface area contributed by atoms with E-state index in [4.69, 9.17) is 8.83 Å². The summed E-state index contributed by atoms with van der Waals surface area (Å²) in [7, 11) is 0. The molecule has 0 N–H and O–H groups in total. The first kappa shape index (κ1) is 20.6. The Morgan fingerprint density at radius 3 is 2.59 bits per heavy atom. The Kier molecular flexibility index (Phi) is 5.27. The molecule has 0 saturated carbocycles. The molecule has 158 valence electrons. The maximum atomic E-state index is 13.1. The molecule has 9 nitrogen and oxygen atoms in total. The minimum absolute atomic E-state index is 0.108. The summed E-state index contributed by atoms with van der Waals surface area (Å²) in [6, 6.07) is 14.3. The van der Waals surface area contributed by atoms with Gasteiger partial charge in [0.05, 0.1) is 23.3 Å². The molecule has 3 aromatic rings. The molecule has 32 heavy (non-hydrogen) atoms. The Hall–Kier alpha value is -4.71. The maximum absolute atomic E-state index is 13.1. The van der Waals surface area contributed by atoms with Crippen LogP contribution in [-0.2, 0) is 16.1 Å². The van der Waals surface area contributed by atoms with Gasteiger partial charge in [0.2, 0.25) is 0 Å². The van der Waals surface area contributed by atoms with Crippen LogP contribution in [0.15, 0.2) is 80.3 Å². The fourth-order valence-electron chi connectivity index (χ4n) is 3.39. The molecule has 9 heteroatoms. The van der Waals surface area contributed by atoms with E-state index in [1.165, 1.54) is 25.3 Å². The molecule has 0 spiro atoms. The highest BCUT2D eigenvalue weighted by atomic mass is 16.6. The van der Waals surface area contributed by atoms with E-state index in [9.17, 15) is 25.0 Å². The average molecular weight is 429 g/mol. The number of furan rings is 2. The van der Waals surface area contributed by atoms with Crippen LogP contribution < -0.4 is 0 Å². The Morgan fingerprint density at radius 1 is 1.12 bits per heavy atom. The molecule has 1 aliphatic rings. The molecule has 0 radical (unpaired) electrons. The number of carbonyl (C=O) groups is 2. The van der Waals surface area contributed by atoms with Crippen molar-refractivity contribution in [3.05, 3.63) is 93.1 Å². The van der Waals surface area contributed by atoms with Crippen molar-refractivity contribution in [2.75, 3.05) is 0 Å². The van der Waals surface area contributed by atoms with Gasteiger partial charge in [0.25, 0.3) is 17.5 Å². The third-order valence-corrected chi connectivity index (χ3v) is 5.00. The van der Waals surface area contributed by atoms with Crippen molar-refractivity contribution in [3.8, 4) is 17.4 Å². The number of nitrogens with zero attached hydrogens (tertiary/aromatic N) is 3. The van der Waals surface area contributed by atoms with E-state index >= 15 is 0 Å². The van der Waals surface area contributed by atoms with Crippen molar-refractivity contribution in [3.63, 3.8) is 0 Å². The lowest BCUT2D eigenvalue weighted by molar-refractivity contribution is -0.384. The number of hydrogen-bond acceptors (Lipinski definition) is 7. The highest BCUT2D eigenvalue weighted by Gasteiger charge is 2.36. The third kappa shape index (κ3) is 3.61. The van der Waals surface area contributed by atoms with Gasteiger partial charge in [-0.15, -0.1) is 0 Å². The van der Waals surface area contributed by atoms with E-state index in [1.54, 1.807) is 42.5 Å². The van der Waals surface area contributed by atoms with Crippen LogP contribution in [0.1, 0.15) is 18.4 Å². The van der Waals surface area contributed by atoms with Crippen molar-refractivity contribution in [2.45, 2.75) is 13.5 Å². The molecule has 3 heterocycles. The molecular weight excluding hydrogens is 414 g/mol. The molecule has 0 atom stereocenters. The summed E-state index contributed by atoms with van der Waals surface area (Å²) < 4.78 is 11.0. The van der Waals surface area contributed by atoms with Gasteiger partial charge < -0.3 is 8.83 Å². The van der Waals surface area contributed by atoms with Crippen LogP contribution in [0.4, 0.5) is 5.69 Å². The van der Waals surface area contributed by atoms with E-state index in [0.717, 1.165) is 4.90 Å². The fourth-order valence-corrected chi connectivity index (χ4v) is 3.39. The zero-order valence-corrected chi connectivity index (χ0v) is 16.8. The van der Waals surface area contributed by atoms with E-state index < -0.39 is 16.7 Å². The molecule has 0 saturated heterocycles. The lowest BCUT2D eigenvalue weighted by Crippen LogP contribution is -2.42. The van der Waals surface area contributed by atoms with Crippen LogP contribution in [0.25, 0.3) is 17.4 Å². The number of benzene rings is 1. The molecule has 1 aromatic carbocycles. The Morgan fingerprint density at radius 2 is 1.91 bits per heavy atom. The average Bonchev–Trinajstić information content (AvgIpc) is 3.47. The molecule has 2 aromatic heterocycles. The summed E-state index contributed by atoms with van der Waals surface area (Å²) in [5, 5.41) is 20.8. The van der Waals surface area contributed by atoms with Crippen LogP contribution in [0, 0.1) is 21.4 Å². The van der Waals surface area contributed by atoms with Crippen molar-refractivity contribution < 1.29 is 23.3 Å². The smallest absolute Gasteiger partial charge is 0.280 e. The second kappa shape index (κ2) is 8.20. The highest BCUT2D eigenvalue weighted by molar-refractivity contribution is 6.19. The van der Waals surface area contributed by atoms with Crippen molar-refractivity contribution >= 4 is 23.6 Å². The topological polar surface area (TPSA) is 131 Å². The van der Waals surface area contributed by atoms with Crippen LogP contribution in [0.2, 0.25) is 0 Å². The van der Waals surface area contributed by atoms with Crippen LogP contribution >= 0.6 is 0 Å². The predicted octanol–water partition coefficient (Wildman–Crippen LogP) is 4.24. The highest BCUT2D eigenvalue weighted by Crippen LogP contribution is 2.33. The summed E-state index contributed by atoms with van der Waals surface area (Å²) in [6.07, 6.45) is 2.83. The number of nitro groups is 1. The van der Waals surface area contributed by atoms with Gasteiger partial charge in [0.1, 0.15) is 28.9 Å². The summed E-state index contributed by atoms with van der Waals surface area (Å²) in [6.45, 7) is 1.39. The lowest BCUT2D eigenvalue weighted by atomic mass is 9.94. The van der Waals surface area contributed by atoms with E-state index in [0.29, 0.717) is 5.76 Å². The molecule has 1 aliphatic heterocycles. The predicted molar refractivity (Wildman–Crippen MR) is 111 cm³/mol. The van der Waals surface area contributed by atoms with Crippen molar-refractivity contribution in [2.24, 2.45) is 0 Å². The number of carbonyl (C=O) groups excluding carboxylic acids is 2. The number of nitro benzene ring substituents is 1. The number of hydrogen-bond donors (Lipinski definition) is 0. The number of imide groups is 1. The molecule has 0 unspecified atom stereocenters. The van der Waals surface area contributed by atoms with Crippen LogP contribution in [0.5, 0.6) is 0 Å². The van der Waals surface area contributed by atoms with Gasteiger partial charge in [-0.2, -0.15) is 5.26 Å². The summed E-state index contributed by atoms with van der Waals surface area (Å²) in [4.78, 5) is 37.5. The fraction of sp³-hybridized carbons (Fsp3) is 0.0870. The number of nitriles is 1. The Labute approximate surface area is 181 Å². The molecular formula is C23H15N3O6. The lowest BCUT2D eigenvalue weighted by Gasteiger charge is -2.26. The second-order valence-electron chi connectivity index (χ2n) is 6.92. The normalized spacial score (nSPS) is 15.4. The van der Waals surface area contributed by atoms with Crippen LogP contribution in [0.3, 0.4) is 0 Å². The van der Waals surface area contributed by atoms with Gasteiger partial charge in [-0.3, -0.25) is 24.6 Å². The third-order valence-electron chi connectivity index (χ3n) is 5.00. The number of rotatable bonds is 5.